The van der Waals surface area contributed by atoms with Crippen LogP contribution in [0.1, 0.15) is 48.2 Å². The Kier molecular flexibility index (Phi) is 6.91. The highest BCUT2D eigenvalue weighted by Gasteiger charge is 2.22. The number of hydrogen-bond acceptors (Lipinski definition) is 3. The molecule has 1 aliphatic heterocycles. The van der Waals surface area contributed by atoms with Gasteiger partial charge in [-0.1, -0.05) is 26.0 Å². The van der Waals surface area contributed by atoms with E-state index in [0.29, 0.717) is 11.5 Å². The number of benzene rings is 2. The molecule has 1 saturated heterocycles. The van der Waals surface area contributed by atoms with E-state index in [1.807, 2.05) is 54.3 Å². The summed E-state index contributed by atoms with van der Waals surface area (Å²) in [6.07, 6.45) is 3.24. The summed E-state index contributed by atoms with van der Waals surface area (Å²) >= 11 is 0. The number of likely N-dealkylation sites (tertiary alicyclic amines) is 1. The van der Waals surface area contributed by atoms with Crippen LogP contribution in [0.3, 0.4) is 0 Å². The van der Waals surface area contributed by atoms with E-state index in [1.165, 1.54) is 12.0 Å². The number of amides is 2. The molecule has 1 atom stereocenters. The van der Waals surface area contributed by atoms with Gasteiger partial charge in [-0.15, -0.1) is 0 Å². The first-order valence-corrected chi connectivity index (χ1v) is 10.5. The highest BCUT2D eigenvalue weighted by Crippen LogP contribution is 2.21. The molecule has 1 fully saturated rings. The van der Waals surface area contributed by atoms with Crippen molar-refractivity contribution in [3.8, 4) is 0 Å². The van der Waals surface area contributed by atoms with Gasteiger partial charge in [-0.2, -0.15) is 0 Å². The van der Waals surface area contributed by atoms with Crippen molar-refractivity contribution >= 4 is 23.2 Å². The van der Waals surface area contributed by atoms with E-state index in [9.17, 15) is 9.59 Å². The maximum absolute atomic E-state index is 12.8. The second kappa shape index (κ2) is 9.59. The van der Waals surface area contributed by atoms with Crippen molar-refractivity contribution in [1.82, 2.24) is 4.90 Å². The van der Waals surface area contributed by atoms with E-state index >= 15 is 0 Å². The smallest absolute Gasteiger partial charge is 0.253 e. The van der Waals surface area contributed by atoms with E-state index in [-0.39, 0.29) is 18.4 Å². The normalized spacial score (nSPS) is 16.4. The fraction of sp³-hybridized carbons (Fsp3) is 0.417. The third-order valence-corrected chi connectivity index (χ3v) is 5.50. The second-order valence-electron chi connectivity index (χ2n) is 7.98. The van der Waals surface area contributed by atoms with Crippen molar-refractivity contribution in [2.24, 2.45) is 5.92 Å². The van der Waals surface area contributed by atoms with E-state index in [0.717, 1.165) is 42.9 Å². The Hall–Kier alpha value is -2.82. The molecule has 2 aromatic carbocycles. The molecular weight excluding hydrogens is 362 g/mol. The Morgan fingerprint density at radius 2 is 1.90 bits per heavy atom. The molecule has 5 nitrogen and oxygen atoms in total. The molecule has 1 unspecified atom stereocenters. The van der Waals surface area contributed by atoms with Gasteiger partial charge in [0, 0.05) is 30.0 Å². The molecule has 2 amide bonds. The lowest BCUT2D eigenvalue weighted by molar-refractivity contribution is -0.114. The van der Waals surface area contributed by atoms with Crippen LogP contribution in [-0.2, 0) is 11.2 Å². The summed E-state index contributed by atoms with van der Waals surface area (Å²) in [5.74, 6) is 0.557. The Labute approximate surface area is 173 Å². The zero-order valence-corrected chi connectivity index (χ0v) is 17.6. The van der Waals surface area contributed by atoms with Crippen LogP contribution >= 0.6 is 0 Å². The van der Waals surface area contributed by atoms with E-state index in [4.69, 9.17) is 0 Å². The summed E-state index contributed by atoms with van der Waals surface area (Å²) in [5.41, 5.74) is 4.57. The predicted molar refractivity (Wildman–Crippen MR) is 118 cm³/mol. The van der Waals surface area contributed by atoms with Gasteiger partial charge in [-0.05, 0) is 73.6 Å². The number of anilines is 2. The second-order valence-corrected chi connectivity index (χ2v) is 7.98. The maximum atomic E-state index is 12.8. The lowest BCUT2D eigenvalue weighted by atomic mass is 9.99. The van der Waals surface area contributed by atoms with Gasteiger partial charge in [0.05, 0.1) is 6.54 Å². The van der Waals surface area contributed by atoms with E-state index in [1.54, 1.807) is 0 Å². The molecular formula is C24H31N3O2. The van der Waals surface area contributed by atoms with Gasteiger partial charge in [0.2, 0.25) is 5.91 Å². The Bertz CT molecular complexity index is 861. The standard InChI is InChI=1S/C24H31N3O2/c1-4-19-7-10-21(11-8-19)26-23(28)15-25-22-12-9-20(14-18(22)3)24(29)27-13-5-6-17(2)16-27/h7-12,14,17,25H,4-6,13,15-16H2,1-3H3,(H,26,28). The van der Waals surface area contributed by atoms with Crippen LogP contribution < -0.4 is 10.6 Å². The maximum Gasteiger partial charge on any atom is 0.253 e. The Morgan fingerprint density at radius 1 is 1.14 bits per heavy atom. The summed E-state index contributed by atoms with van der Waals surface area (Å²) < 4.78 is 0. The number of hydrogen-bond donors (Lipinski definition) is 2. The first-order chi connectivity index (χ1) is 14.0. The molecule has 2 aromatic rings. The number of nitrogens with one attached hydrogen (secondary N) is 2. The topological polar surface area (TPSA) is 61.4 Å². The van der Waals surface area contributed by atoms with Crippen LogP contribution in [0.25, 0.3) is 0 Å². The molecule has 0 aromatic heterocycles. The minimum Gasteiger partial charge on any atom is -0.376 e. The molecule has 5 heteroatoms. The zero-order chi connectivity index (χ0) is 20.8. The number of aryl methyl sites for hydroxylation is 2. The molecule has 0 radical (unpaired) electrons. The summed E-state index contributed by atoms with van der Waals surface area (Å²) in [4.78, 5) is 26.9. The molecule has 0 bridgehead atoms. The molecule has 2 N–H and O–H groups in total. The van der Waals surface area contributed by atoms with Crippen molar-refractivity contribution in [1.29, 1.82) is 0 Å². The minimum absolute atomic E-state index is 0.0967. The predicted octanol–water partition coefficient (Wildman–Crippen LogP) is 4.48. The van der Waals surface area contributed by atoms with E-state index < -0.39 is 0 Å². The number of rotatable bonds is 6. The fourth-order valence-electron chi connectivity index (χ4n) is 3.76. The van der Waals surface area contributed by atoms with Crippen LogP contribution in [0.5, 0.6) is 0 Å². The van der Waals surface area contributed by atoms with Crippen molar-refractivity contribution in [3.05, 3.63) is 59.2 Å². The summed E-state index contributed by atoms with van der Waals surface area (Å²) in [6.45, 7) is 8.10. The number of carbonyl (C=O) groups excluding carboxylic acids is 2. The fourth-order valence-corrected chi connectivity index (χ4v) is 3.76. The lowest BCUT2D eigenvalue weighted by Gasteiger charge is -2.31. The molecule has 0 aliphatic carbocycles. The highest BCUT2D eigenvalue weighted by atomic mass is 16.2. The SMILES string of the molecule is CCc1ccc(NC(=O)CNc2ccc(C(=O)N3CCCC(C)C3)cc2C)cc1. The Balaban J connectivity index is 1.55. The van der Waals surface area contributed by atoms with Gasteiger partial charge >= 0.3 is 0 Å². The summed E-state index contributed by atoms with van der Waals surface area (Å²) in [5, 5.41) is 6.07. The number of nitrogens with zero attached hydrogens (tertiary/aromatic N) is 1. The van der Waals surface area contributed by atoms with Gasteiger partial charge in [0.25, 0.3) is 5.91 Å². The lowest BCUT2D eigenvalue weighted by Crippen LogP contribution is -2.39. The summed E-state index contributed by atoms with van der Waals surface area (Å²) in [6, 6.07) is 13.5. The highest BCUT2D eigenvalue weighted by molar-refractivity contribution is 5.96. The van der Waals surface area contributed by atoms with Crippen LogP contribution in [0, 0.1) is 12.8 Å². The van der Waals surface area contributed by atoms with Crippen molar-refractivity contribution in [2.45, 2.75) is 40.0 Å². The van der Waals surface area contributed by atoms with Crippen LogP contribution in [0.4, 0.5) is 11.4 Å². The molecule has 29 heavy (non-hydrogen) atoms. The van der Waals surface area contributed by atoms with Gasteiger partial charge in [0.15, 0.2) is 0 Å². The zero-order valence-electron chi connectivity index (χ0n) is 17.6. The summed E-state index contributed by atoms with van der Waals surface area (Å²) in [7, 11) is 0. The average Bonchev–Trinajstić information content (AvgIpc) is 2.73. The van der Waals surface area contributed by atoms with Crippen LogP contribution in [0.2, 0.25) is 0 Å². The van der Waals surface area contributed by atoms with Gasteiger partial charge in [0.1, 0.15) is 0 Å². The molecule has 154 valence electrons. The monoisotopic (exact) mass is 393 g/mol. The molecule has 0 saturated carbocycles. The van der Waals surface area contributed by atoms with Crippen molar-refractivity contribution in [3.63, 3.8) is 0 Å². The first-order valence-electron chi connectivity index (χ1n) is 10.5. The third-order valence-electron chi connectivity index (χ3n) is 5.50. The Morgan fingerprint density at radius 3 is 2.55 bits per heavy atom. The molecule has 3 rings (SSSR count). The van der Waals surface area contributed by atoms with Crippen molar-refractivity contribution in [2.75, 3.05) is 30.3 Å². The van der Waals surface area contributed by atoms with Gasteiger partial charge in [-0.25, -0.2) is 0 Å². The largest absolute Gasteiger partial charge is 0.376 e. The quantitative estimate of drug-likeness (QED) is 0.761. The number of carbonyl (C=O) groups is 2. The first kappa shape index (κ1) is 20.9. The molecule has 1 heterocycles. The van der Waals surface area contributed by atoms with Crippen LogP contribution in [-0.4, -0.2) is 36.3 Å². The van der Waals surface area contributed by atoms with Crippen LogP contribution in [0.15, 0.2) is 42.5 Å². The minimum atomic E-state index is -0.101. The van der Waals surface area contributed by atoms with E-state index in [2.05, 4.69) is 24.5 Å². The number of piperidine rings is 1. The average molecular weight is 394 g/mol. The van der Waals surface area contributed by atoms with Gasteiger partial charge in [-0.3, -0.25) is 9.59 Å². The molecule has 0 spiro atoms. The van der Waals surface area contributed by atoms with Crippen molar-refractivity contribution < 1.29 is 9.59 Å². The van der Waals surface area contributed by atoms with Gasteiger partial charge < -0.3 is 15.5 Å². The third kappa shape index (κ3) is 5.59. The molecule has 1 aliphatic rings.